The number of oxazole rings is 1. The summed E-state index contributed by atoms with van der Waals surface area (Å²) >= 11 is 0. The van der Waals surface area contributed by atoms with E-state index in [0.717, 1.165) is 11.5 Å². The van der Waals surface area contributed by atoms with Crippen molar-refractivity contribution >= 4 is 21.4 Å². The fraction of sp³-hybridized carbons (Fsp3) is 0.308. The number of hydrogen-bond donors (Lipinski definition) is 3. The molecular formula is C13H18N4O3S. The largest absolute Gasteiger partial charge is 0.444 e. The first-order chi connectivity index (χ1) is 9.83. The number of nitrogens with zero attached hydrogens (tertiary/aromatic N) is 1. The molecule has 0 saturated heterocycles. The van der Waals surface area contributed by atoms with E-state index >= 15 is 0 Å². The van der Waals surface area contributed by atoms with E-state index in [9.17, 15) is 8.42 Å². The van der Waals surface area contributed by atoms with E-state index in [1.807, 2.05) is 13.8 Å². The molecule has 1 heterocycles. The minimum atomic E-state index is -3.50. The molecular weight excluding hydrogens is 292 g/mol. The van der Waals surface area contributed by atoms with Crippen LogP contribution in [0.15, 0.2) is 27.5 Å². The van der Waals surface area contributed by atoms with E-state index in [0.29, 0.717) is 23.8 Å². The number of nitrogen functional groups attached to an aromatic ring is 1. The molecule has 7 nitrogen and oxygen atoms in total. The summed E-state index contributed by atoms with van der Waals surface area (Å²) in [5.74, 6) is 1.33. The quantitative estimate of drug-likeness (QED) is 0.720. The molecule has 8 heteroatoms. The van der Waals surface area contributed by atoms with Gasteiger partial charge in [0, 0.05) is 0 Å². The van der Waals surface area contributed by atoms with E-state index < -0.39 is 10.0 Å². The van der Waals surface area contributed by atoms with Crippen LogP contribution in [0.4, 0.5) is 11.4 Å². The van der Waals surface area contributed by atoms with Crippen LogP contribution in [-0.4, -0.2) is 20.4 Å². The van der Waals surface area contributed by atoms with Gasteiger partial charge in [0.2, 0.25) is 15.9 Å². The molecule has 114 valence electrons. The normalized spacial score (nSPS) is 11.6. The first kappa shape index (κ1) is 15.3. The molecule has 0 unspecified atom stereocenters. The van der Waals surface area contributed by atoms with Gasteiger partial charge >= 0.3 is 0 Å². The van der Waals surface area contributed by atoms with Crippen molar-refractivity contribution in [3.8, 4) is 0 Å². The fourth-order valence-electron chi connectivity index (χ4n) is 1.77. The third-order valence-electron chi connectivity index (χ3n) is 3.10. The maximum atomic E-state index is 11.7. The van der Waals surface area contributed by atoms with Crippen molar-refractivity contribution in [1.82, 2.24) is 9.71 Å². The first-order valence-corrected chi connectivity index (χ1v) is 7.81. The molecule has 2 rings (SSSR count). The summed E-state index contributed by atoms with van der Waals surface area (Å²) in [6.45, 7) is 4.09. The summed E-state index contributed by atoms with van der Waals surface area (Å²) in [7, 11) is -2.14. The van der Waals surface area contributed by atoms with Crippen LogP contribution in [0.5, 0.6) is 0 Å². The van der Waals surface area contributed by atoms with Gasteiger partial charge in [-0.1, -0.05) is 0 Å². The van der Waals surface area contributed by atoms with Gasteiger partial charge in [0.1, 0.15) is 5.76 Å². The molecule has 0 aliphatic heterocycles. The average molecular weight is 310 g/mol. The Morgan fingerprint density at radius 2 is 2.05 bits per heavy atom. The van der Waals surface area contributed by atoms with Crippen molar-refractivity contribution in [3.63, 3.8) is 0 Å². The summed E-state index contributed by atoms with van der Waals surface area (Å²) in [5.41, 5.74) is 7.67. The number of rotatable bonds is 5. The van der Waals surface area contributed by atoms with E-state index in [1.54, 1.807) is 6.07 Å². The lowest BCUT2D eigenvalue weighted by Crippen LogP contribution is -2.18. The Labute approximate surface area is 123 Å². The van der Waals surface area contributed by atoms with E-state index in [-0.39, 0.29) is 4.90 Å². The van der Waals surface area contributed by atoms with Crippen molar-refractivity contribution in [2.24, 2.45) is 0 Å². The van der Waals surface area contributed by atoms with Gasteiger partial charge in [-0.2, -0.15) is 0 Å². The molecule has 1 aromatic carbocycles. The van der Waals surface area contributed by atoms with Crippen LogP contribution in [0.2, 0.25) is 0 Å². The standard InChI is InChI=1S/C13H18N4O3S/c1-8-9(2)20-13(17-8)7-16-12-5-4-10(6-11(12)14)21(18,19)15-3/h4-6,15-16H,7,14H2,1-3H3. The molecule has 0 fully saturated rings. The highest BCUT2D eigenvalue weighted by atomic mass is 32.2. The highest BCUT2D eigenvalue weighted by molar-refractivity contribution is 7.89. The van der Waals surface area contributed by atoms with E-state index in [2.05, 4.69) is 15.0 Å². The molecule has 2 aromatic rings. The lowest BCUT2D eigenvalue weighted by atomic mass is 10.2. The second-order valence-corrected chi connectivity index (χ2v) is 6.45. The van der Waals surface area contributed by atoms with Gasteiger partial charge in [-0.15, -0.1) is 0 Å². The molecule has 0 saturated carbocycles. The Morgan fingerprint density at radius 3 is 2.57 bits per heavy atom. The van der Waals surface area contributed by atoms with Crippen molar-refractivity contribution < 1.29 is 12.8 Å². The zero-order valence-corrected chi connectivity index (χ0v) is 12.9. The molecule has 0 radical (unpaired) electrons. The summed E-state index contributed by atoms with van der Waals surface area (Å²) in [4.78, 5) is 4.37. The van der Waals surface area contributed by atoms with Crippen LogP contribution in [0.3, 0.4) is 0 Å². The molecule has 0 atom stereocenters. The Kier molecular flexibility index (Phi) is 4.19. The lowest BCUT2D eigenvalue weighted by Gasteiger charge is -2.09. The maximum absolute atomic E-state index is 11.7. The summed E-state index contributed by atoms with van der Waals surface area (Å²) < 4.78 is 31.0. The summed E-state index contributed by atoms with van der Waals surface area (Å²) in [6.07, 6.45) is 0. The number of anilines is 2. The van der Waals surface area contributed by atoms with Gasteiger partial charge in [0.25, 0.3) is 0 Å². The lowest BCUT2D eigenvalue weighted by molar-refractivity contribution is 0.478. The van der Waals surface area contributed by atoms with Gasteiger partial charge < -0.3 is 15.5 Å². The minimum Gasteiger partial charge on any atom is -0.444 e. The summed E-state index contributed by atoms with van der Waals surface area (Å²) in [5, 5.41) is 3.07. The van der Waals surface area contributed by atoms with Crippen LogP contribution in [0.1, 0.15) is 17.3 Å². The topological polar surface area (TPSA) is 110 Å². The number of sulfonamides is 1. The van der Waals surface area contributed by atoms with Crippen LogP contribution in [0.25, 0.3) is 0 Å². The van der Waals surface area contributed by atoms with Gasteiger partial charge in [-0.05, 0) is 39.1 Å². The molecule has 0 spiro atoms. The van der Waals surface area contributed by atoms with Gasteiger partial charge in [-0.25, -0.2) is 18.1 Å². The Balaban J connectivity index is 2.15. The van der Waals surface area contributed by atoms with E-state index in [4.69, 9.17) is 10.2 Å². The molecule has 0 aliphatic carbocycles. The predicted octanol–water partition coefficient (Wildman–Crippen LogP) is 1.39. The highest BCUT2D eigenvalue weighted by Crippen LogP contribution is 2.23. The van der Waals surface area contributed by atoms with Crippen molar-refractivity contribution in [2.75, 3.05) is 18.1 Å². The van der Waals surface area contributed by atoms with Crippen LogP contribution >= 0.6 is 0 Å². The second kappa shape index (κ2) is 5.74. The zero-order chi connectivity index (χ0) is 15.6. The molecule has 0 amide bonds. The Morgan fingerprint density at radius 1 is 1.33 bits per heavy atom. The van der Waals surface area contributed by atoms with E-state index in [1.165, 1.54) is 19.2 Å². The fourth-order valence-corrected chi connectivity index (χ4v) is 2.54. The number of nitrogens with one attached hydrogen (secondary N) is 2. The molecule has 0 bridgehead atoms. The molecule has 21 heavy (non-hydrogen) atoms. The number of aryl methyl sites for hydroxylation is 2. The van der Waals surface area contributed by atoms with Crippen LogP contribution in [-0.2, 0) is 16.6 Å². The molecule has 4 N–H and O–H groups in total. The SMILES string of the molecule is CNS(=O)(=O)c1ccc(NCc2nc(C)c(C)o2)c(N)c1. The molecule has 0 aliphatic rings. The van der Waals surface area contributed by atoms with Gasteiger partial charge in [-0.3, -0.25) is 0 Å². The Hall–Kier alpha value is -2.06. The monoisotopic (exact) mass is 310 g/mol. The van der Waals surface area contributed by atoms with Crippen LogP contribution < -0.4 is 15.8 Å². The second-order valence-electron chi connectivity index (χ2n) is 4.56. The number of hydrogen-bond acceptors (Lipinski definition) is 6. The third kappa shape index (κ3) is 3.34. The van der Waals surface area contributed by atoms with Gasteiger partial charge in [0.05, 0.1) is 28.5 Å². The highest BCUT2D eigenvalue weighted by Gasteiger charge is 2.13. The first-order valence-electron chi connectivity index (χ1n) is 6.33. The van der Waals surface area contributed by atoms with Crippen LogP contribution in [0, 0.1) is 13.8 Å². The average Bonchev–Trinajstić information content (AvgIpc) is 2.76. The number of benzene rings is 1. The summed E-state index contributed by atoms with van der Waals surface area (Å²) in [6, 6.07) is 4.50. The molecule has 1 aromatic heterocycles. The smallest absolute Gasteiger partial charge is 0.240 e. The predicted molar refractivity (Wildman–Crippen MR) is 80.4 cm³/mol. The Bertz CT molecular complexity index is 733. The zero-order valence-electron chi connectivity index (χ0n) is 12.1. The van der Waals surface area contributed by atoms with Crippen molar-refractivity contribution in [3.05, 3.63) is 35.5 Å². The van der Waals surface area contributed by atoms with Crippen molar-refractivity contribution in [1.29, 1.82) is 0 Å². The van der Waals surface area contributed by atoms with Crippen molar-refractivity contribution in [2.45, 2.75) is 25.3 Å². The minimum absolute atomic E-state index is 0.121. The number of nitrogens with two attached hydrogens (primary N) is 1. The third-order valence-corrected chi connectivity index (χ3v) is 4.52. The maximum Gasteiger partial charge on any atom is 0.240 e. The number of aromatic nitrogens is 1. The van der Waals surface area contributed by atoms with Gasteiger partial charge in [0.15, 0.2) is 0 Å².